The number of carbonyl (C=O) groups excluding carboxylic acids is 1. The van der Waals surface area contributed by atoms with Gasteiger partial charge < -0.3 is 0 Å². The first-order valence-corrected chi connectivity index (χ1v) is 11.0. The van der Waals surface area contributed by atoms with Crippen LogP contribution < -0.4 is 0 Å². The van der Waals surface area contributed by atoms with Gasteiger partial charge in [-0.3, -0.25) is 9.78 Å². The maximum Gasteiger partial charge on any atom is 0.417 e. The molecule has 0 aliphatic carbocycles. The van der Waals surface area contributed by atoms with Gasteiger partial charge in [-0.05, 0) is 46.5 Å². The van der Waals surface area contributed by atoms with Gasteiger partial charge in [0.25, 0.3) is 0 Å². The lowest BCUT2D eigenvalue weighted by Gasteiger charge is -2.13. The van der Waals surface area contributed by atoms with Crippen molar-refractivity contribution in [3.05, 3.63) is 124 Å². The fourth-order valence-electron chi connectivity index (χ4n) is 3.78. The molecule has 0 fully saturated rings. The van der Waals surface area contributed by atoms with Crippen molar-refractivity contribution in [2.24, 2.45) is 0 Å². The smallest absolute Gasteiger partial charge is 0.298 e. The first-order chi connectivity index (χ1) is 17.4. The number of nitriles is 1. The van der Waals surface area contributed by atoms with E-state index in [9.17, 15) is 23.2 Å². The summed E-state index contributed by atoms with van der Waals surface area (Å²) in [7, 11) is 0. The minimum Gasteiger partial charge on any atom is -0.298 e. The van der Waals surface area contributed by atoms with Crippen LogP contribution in [0.3, 0.4) is 0 Å². The molecule has 36 heavy (non-hydrogen) atoms. The Labute approximate surface area is 206 Å². The molecule has 0 aliphatic heterocycles. The average Bonchev–Trinajstić information content (AvgIpc) is 2.90. The predicted octanol–water partition coefficient (Wildman–Crippen LogP) is 7.79. The Morgan fingerprint density at radius 2 is 1.44 bits per heavy atom. The Hall–Kier alpha value is -4.76. The summed E-state index contributed by atoms with van der Waals surface area (Å²) < 4.78 is 41.6. The molecule has 0 saturated carbocycles. The maximum atomic E-state index is 13.9. The molecule has 0 unspecified atom stereocenters. The summed E-state index contributed by atoms with van der Waals surface area (Å²) in [6.07, 6.45) is 3.23. The van der Waals surface area contributed by atoms with Crippen molar-refractivity contribution in [2.75, 3.05) is 0 Å². The molecule has 3 aromatic carbocycles. The van der Waals surface area contributed by atoms with Crippen LogP contribution in [-0.2, 0) is 6.18 Å². The van der Waals surface area contributed by atoms with Crippen molar-refractivity contribution < 1.29 is 18.0 Å². The summed E-state index contributed by atoms with van der Waals surface area (Å²) >= 11 is 0. The molecule has 0 amide bonds. The minimum atomic E-state index is -4.68. The summed E-state index contributed by atoms with van der Waals surface area (Å²) in [5.41, 5.74) is 1.94. The molecule has 0 spiro atoms. The highest BCUT2D eigenvalue weighted by Gasteiger charge is 2.33. The maximum absolute atomic E-state index is 13.9. The highest BCUT2D eigenvalue weighted by Crippen LogP contribution is 2.35. The Morgan fingerprint density at radius 3 is 2.08 bits per heavy atom. The van der Waals surface area contributed by atoms with Crippen molar-refractivity contribution >= 4 is 30.6 Å². The quantitative estimate of drug-likeness (QED) is 0.209. The second-order valence-electron chi connectivity index (χ2n) is 7.86. The van der Waals surface area contributed by atoms with Gasteiger partial charge in [-0.1, -0.05) is 78.9 Å². The third-order valence-corrected chi connectivity index (χ3v) is 5.54. The molecule has 1 aromatic heterocycles. The van der Waals surface area contributed by atoms with Gasteiger partial charge in [0.1, 0.15) is 6.07 Å². The summed E-state index contributed by atoms with van der Waals surface area (Å²) in [5.74, 6) is 0. The van der Waals surface area contributed by atoms with Gasteiger partial charge in [-0.15, -0.1) is 0 Å². The molecule has 176 valence electrons. The molecule has 0 N–H and O–H groups in total. The van der Waals surface area contributed by atoms with Crippen molar-refractivity contribution in [3.8, 4) is 17.2 Å². The van der Waals surface area contributed by atoms with E-state index in [0.717, 1.165) is 17.2 Å². The lowest BCUT2D eigenvalue weighted by Crippen LogP contribution is -2.09. The number of halogens is 3. The third kappa shape index (κ3) is 5.48. The second-order valence-corrected chi connectivity index (χ2v) is 7.86. The number of nitrogens with zero attached hydrogens (tertiary/aromatic N) is 2. The lowest BCUT2D eigenvalue weighted by atomic mass is 9.96. The summed E-state index contributed by atoms with van der Waals surface area (Å²) in [4.78, 5) is 15.8. The molecule has 6 heteroatoms. The number of rotatable bonds is 6. The minimum absolute atomic E-state index is 0.0754. The SMILES string of the molecule is N#Cc1c(-c2ccccc2)ccnc1C=Cc1cc(C=Cc2ccccc2)c(C=O)cc1C(F)(F)F. The van der Waals surface area contributed by atoms with Crippen LogP contribution >= 0.6 is 0 Å². The molecule has 0 atom stereocenters. The van der Waals surface area contributed by atoms with Crippen LogP contribution in [0.15, 0.2) is 85.1 Å². The number of carbonyl (C=O) groups is 1. The van der Waals surface area contributed by atoms with Gasteiger partial charge in [-0.25, -0.2) is 0 Å². The standard InChI is InChI=1S/C30H19F3N2O/c31-30(32,33)28-18-25(20-36)23(12-11-21-7-3-1-4-8-21)17-24(28)13-14-29-27(19-34)26(15-16-35-29)22-9-5-2-6-10-22/h1-18,20H. The van der Waals surface area contributed by atoms with Gasteiger partial charge in [0, 0.05) is 17.3 Å². The molecule has 4 rings (SSSR count). The van der Waals surface area contributed by atoms with E-state index in [0.29, 0.717) is 17.4 Å². The molecule has 0 aliphatic rings. The first kappa shape index (κ1) is 24.4. The molecule has 0 radical (unpaired) electrons. The largest absolute Gasteiger partial charge is 0.417 e. The van der Waals surface area contributed by atoms with Crippen LogP contribution in [0.2, 0.25) is 0 Å². The zero-order chi connectivity index (χ0) is 25.5. The summed E-state index contributed by atoms with van der Waals surface area (Å²) in [6.45, 7) is 0. The zero-order valence-corrected chi connectivity index (χ0v) is 18.9. The van der Waals surface area contributed by atoms with Gasteiger partial charge in [0.05, 0.1) is 16.8 Å². The molecular weight excluding hydrogens is 461 g/mol. The van der Waals surface area contributed by atoms with Crippen LogP contribution in [-0.4, -0.2) is 11.3 Å². The number of pyridine rings is 1. The van der Waals surface area contributed by atoms with Gasteiger partial charge >= 0.3 is 6.18 Å². The fraction of sp³-hybridized carbons (Fsp3) is 0.0333. The van der Waals surface area contributed by atoms with E-state index in [1.54, 1.807) is 18.2 Å². The molecule has 0 bridgehead atoms. The molecule has 4 aromatic rings. The van der Waals surface area contributed by atoms with Crippen molar-refractivity contribution in [1.82, 2.24) is 4.98 Å². The third-order valence-electron chi connectivity index (χ3n) is 5.54. The Balaban J connectivity index is 1.81. The lowest BCUT2D eigenvalue weighted by molar-refractivity contribution is -0.137. The van der Waals surface area contributed by atoms with E-state index in [1.165, 1.54) is 24.4 Å². The van der Waals surface area contributed by atoms with E-state index >= 15 is 0 Å². The fourth-order valence-corrected chi connectivity index (χ4v) is 3.78. The molecule has 0 saturated heterocycles. The average molecular weight is 480 g/mol. The normalized spacial score (nSPS) is 11.6. The van der Waals surface area contributed by atoms with E-state index in [4.69, 9.17) is 0 Å². The van der Waals surface area contributed by atoms with E-state index < -0.39 is 11.7 Å². The molecule has 1 heterocycles. The van der Waals surface area contributed by atoms with Crippen molar-refractivity contribution in [1.29, 1.82) is 5.26 Å². The Bertz CT molecular complexity index is 1480. The molecular formula is C30H19F3N2O. The highest BCUT2D eigenvalue weighted by atomic mass is 19.4. The number of hydrogen-bond acceptors (Lipinski definition) is 3. The zero-order valence-electron chi connectivity index (χ0n) is 18.9. The van der Waals surface area contributed by atoms with E-state index in [2.05, 4.69) is 11.1 Å². The van der Waals surface area contributed by atoms with Crippen LogP contribution in [0.4, 0.5) is 13.2 Å². The Kier molecular flexibility index (Phi) is 7.22. The number of alkyl halides is 3. The Morgan fingerprint density at radius 1 is 0.778 bits per heavy atom. The second kappa shape index (κ2) is 10.7. The predicted molar refractivity (Wildman–Crippen MR) is 136 cm³/mol. The van der Waals surface area contributed by atoms with Crippen LogP contribution in [0, 0.1) is 11.3 Å². The van der Waals surface area contributed by atoms with Crippen LogP contribution in [0.5, 0.6) is 0 Å². The van der Waals surface area contributed by atoms with Gasteiger partial charge in [0.2, 0.25) is 0 Å². The topological polar surface area (TPSA) is 53.8 Å². The van der Waals surface area contributed by atoms with Crippen molar-refractivity contribution in [3.63, 3.8) is 0 Å². The number of aromatic nitrogens is 1. The first-order valence-electron chi connectivity index (χ1n) is 11.0. The number of benzene rings is 3. The number of aldehydes is 1. The van der Waals surface area contributed by atoms with Crippen molar-refractivity contribution in [2.45, 2.75) is 6.18 Å². The van der Waals surface area contributed by atoms with Crippen LogP contribution in [0.1, 0.15) is 43.9 Å². The monoisotopic (exact) mass is 480 g/mol. The van der Waals surface area contributed by atoms with Gasteiger partial charge in [-0.2, -0.15) is 18.4 Å². The van der Waals surface area contributed by atoms with E-state index in [1.807, 2.05) is 60.7 Å². The number of hydrogen-bond donors (Lipinski definition) is 0. The van der Waals surface area contributed by atoms with Gasteiger partial charge in [0.15, 0.2) is 6.29 Å². The summed E-state index contributed by atoms with van der Waals surface area (Å²) in [6, 6.07) is 24.4. The molecule has 3 nitrogen and oxygen atoms in total. The highest BCUT2D eigenvalue weighted by molar-refractivity contribution is 5.88. The summed E-state index contributed by atoms with van der Waals surface area (Å²) in [5, 5.41) is 9.78. The van der Waals surface area contributed by atoms with Crippen LogP contribution in [0.25, 0.3) is 35.4 Å². The van der Waals surface area contributed by atoms with E-state index in [-0.39, 0.29) is 22.4 Å².